The Morgan fingerprint density at radius 2 is 1.75 bits per heavy atom. The van der Waals surface area contributed by atoms with E-state index in [-0.39, 0.29) is 17.1 Å². The van der Waals surface area contributed by atoms with Crippen LogP contribution in [0.5, 0.6) is 0 Å². The third-order valence-electron chi connectivity index (χ3n) is 2.79. The molecule has 0 bridgehead atoms. The molecule has 0 heterocycles. The van der Waals surface area contributed by atoms with Gasteiger partial charge in [-0.25, -0.2) is 13.2 Å². The lowest BCUT2D eigenvalue weighted by molar-refractivity contribution is 0.537. The molecule has 20 heavy (non-hydrogen) atoms. The molecule has 0 amide bonds. The molecule has 0 saturated heterocycles. The number of halogens is 4. The van der Waals surface area contributed by atoms with E-state index in [1.165, 1.54) is 18.2 Å². The van der Waals surface area contributed by atoms with Gasteiger partial charge in [-0.3, -0.25) is 0 Å². The molecule has 0 aromatic heterocycles. The van der Waals surface area contributed by atoms with E-state index in [1.54, 1.807) is 0 Å². The Hall–Kier alpha value is -1.72. The fourth-order valence-corrected chi connectivity index (χ4v) is 2.15. The van der Waals surface area contributed by atoms with Crippen LogP contribution in [0.25, 0.3) is 0 Å². The van der Waals surface area contributed by atoms with Crippen LogP contribution in [-0.2, 0) is 0 Å². The zero-order valence-corrected chi connectivity index (χ0v) is 11.1. The van der Waals surface area contributed by atoms with Crippen molar-refractivity contribution < 1.29 is 13.2 Å². The molecule has 0 aliphatic rings. The van der Waals surface area contributed by atoms with Crippen LogP contribution in [0.2, 0.25) is 5.02 Å². The summed E-state index contributed by atoms with van der Waals surface area (Å²) in [6.07, 6.45) is 0. The van der Waals surface area contributed by atoms with Crippen LogP contribution in [0.1, 0.15) is 11.6 Å². The number of rotatable bonds is 4. The van der Waals surface area contributed by atoms with Crippen molar-refractivity contribution in [2.45, 2.75) is 6.04 Å². The molecule has 0 fully saturated rings. The molecule has 1 unspecified atom stereocenters. The van der Waals surface area contributed by atoms with Gasteiger partial charge in [0.1, 0.15) is 17.5 Å². The van der Waals surface area contributed by atoms with Crippen LogP contribution in [-0.4, -0.2) is 6.54 Å². The van der Waals surface area contributed by atoms with Gasteiger partial charge in [-0.2, -0.15) is 0 Å². The molecule has 2 aromatic rings. The van der Waals surface area contributed by atoms with Crippen molar-refractivity contribution in [3.63, 3.8) is 0 Å². The molecule has 1 atom stereocenters. The summed E-state index contributed by atoms with van der Waals surface area (Å²) in [5.74, 6) is -1.98. The molecule has 0 radical (unpaired) electrons. The van der Waals surface area contributed by atoms with E-state index in [0.717, 1.165) is 18.2 Å². The minimum absolute atomic E-state index is 0.0635. The second kappa shape index (κ2) is 6.15. The third-order valence-corrected chi connectivity index (χ3v) is 3.01. The van der Waals surface area contributed by atoms with Crippen molar-refractivity contribution in [2.75, 3.05) is 11.9 Å². The molecule has 6 heteroatoms. The highest BCUT2D eigenvalue weighted by Gasteiger charge is 2.19. The van der Waals surface area contributed by atoms with Crippen molar-refractivity contribution in [3.05, 3.63) is 64.4 Å². The van der Waals surface area contributed by atoms with Gasteiger partial charge in [-0.1, -0.05) is 17.7 Å². The molecular weight excluding hydrogens is 289 g/mol. The van der Waals surface area contributed by atoms with E-state index < -0.39 is 23.5 Å². The van der Waals surface area contributed by atoms with Crippen LogP contribution >= 0.6 is 11.6 Å². The van der Waals surface area contributed by atoms with Gasteiger partial charge in [0.05, 0.1) is 6.04 Å². The number of nitrogens with one attached hydrogen (secondary N) is 1. The fourth-order valence-electron chi connectivity index (χ4n) is 1.93. The first kappa shape index (κ1) is 14.7. The molecule has 0 spiro atoms. The Labute approximate surface area is 119 Å². The summed E-state index contributed by atoms with van der Waals surface area (Å²) in [7, 11) is 0. The van der Waals surface area contributed by atoms with Gasteiger partial charge in [-0.05, 0) is 30.3 Å². The predicted octanol–water partition coefficient (Wildman–Crippen LogP) is 3.87. The van der Waals surface area contributed by atoms with Crippen molar-refractivity contribution in [1.82, 2.24) is 0 Å². The van der Waals surface area contributed by atoms with Gasteiger partial charge in [-0.15, -0.1) is 0 Å². The zero-order chi connectivity index (χ0) is 14.7. The molecule has 0 aliphatic heterocycles. The van der Waals surface area contributed by atoms with Crippen molar-refractivity contribution in [1.29, 1.82) is 0 Å². The number of anilines is 1. The summed E-state index contributed by atoms with van der Waals surface area (Å²) in [6, 6.07) is 6.48. The summed E-state index contributed by atoms with van der Waals surface area (Å²) in [4.78, 5) is 0. The van der Waals surface area contributed by atoms with Crippen molar-refractivity contribution in [2.24, 2.45) is 5.73 Å². The lowest BCUT2D eigenvalue weighted by atomic mass is 10.0. The average Bonchev–Trinajstić information content (AvgIpc) is 2.36. The van der Waals surface area contributed by atoms with Gasteiger partial charge in [0.15, 0.2) is 0 Å². The summed E-state index contributed by atoms with van der Waals surface area (Å²) in [5.41, 5.74) is 5.66. The first-order valence-electron chi connectivity index (χ1n) is 5.88. The zero-order valence-electron chi connectivity index (χ0n) is 10.3. The highest BCUT2D eigenvalue weighted by Crippen LogP contribution is 2.26. The summed E-state index contributed by atoms with van der Waals surface area (Å²) >= 11 is 5.73. The third kappa shape index (κ3) is 3.23. The van der Waals surface area contributed by atoms with Gasteiger partial charge in [0, 0.05) is 22.8 Å². The Bertz CT molecular complexity index is 579. The molecule has 0 saturated carbocycles. The first-order chi connectivity index (χ1) is 9.51. The Morgan fingerprint density at radius 3 is 2.30 bits per heavy atom. The minimum atomic E-state index is -0.825. The smallest absolute Gasteiger partial charge is 0.131 e. The van der Waals surface area contributed by atoms with Gasteiger partial charge in [0.25, 0.3) is 0 Å². The highest BCUT2D eigenvalue weighted by atomic mass is 35.5. The SMILES string of the molecule is NCC(Nc1cc(F)cc(Cl)c1)c1c(F)cccc1F. The number of nitrogens with two attached hydrogens (primary N) is 1. The van der Waals surface area contributed by atoms with E-state index in [2.05, 4.69) is 5.32 Å². The topological polar surface area (TPSA) is 38.0 Å². The molecule has 2 rings (SSSR count). The lowest BCUT2D eigenvalue weighted by Crippen LogP contribution is -2.23. The van der Waals surface area contributed by atoms with Crippen LogP contribution < -0.4 is 11.1 Å². The van der Waals surface area contributed by atoms with Gasteiger partial charge >= 0.3 is 0 Å². The Morgan fingerprint density at radius 1 is 1.10 bits per heavy atom. The Kier molecular flexibility index (Phi) is 4.52. The molecule has 2 nitrogen and oxygen atoms in total. The molecule has 3 N–H and O–H groups in total. The monoisotopic (exact) mass is 300 g/mol. The maximum Gasteiger partial charge on any atom is 0.131 e. The van der Waals surface area contributed by atoms with Gasteiger partial charge < -0.3 is 11.1 Å². The van der Waals surface area contributed by atoms with Crippen LogP contribution in [0.4, 0.5) is 18.9 Å². The lowest BCUT2D eigenvalue weighted by Gasteiger charge is -2.20. The van der Waals surface area contributed by atoms with E-state index in [9.17, 15) is 13.2 Å². The van der Waals surface area contributed by atoms with Gasteiger partial charge in [0.2, 0.25) is 0 Å². The quantitative estimate of drug-likeness (QED) is 0.899. The highest BCUT2D eigenvalue weighted by molar-refractivity contribution is 6.30. The van der Waals surface area contributed by atoms with E-state index >= 15 is 0 Å². The molecule has 0 aliphatic carbocycles. The first-order valence-corrected chi connectivity index (χ1v) is 6.25. The van der Waals surface area contributed by atoms with E-state index in [1.807, 2.05) is 0 Å². The minimum Gasteiger partial charge on any atom is -0.377 e. The summed E-state index contributed by atoms with van der Waals surface area (Å²) in [5, 5.41) is 2.96. The average molecular weight is 301 g/mol. The fraction of sp³-hybridized carbons (Fsp3) is 0.143. The van der Waals surface area contributed by atoms with E-state index in [4.69, 9.17) is 17.3 Å². The normalized spacial score (nSPS) is 12.2. The number of hydrogen-bond donors (Lipinski definition) is 2. The standard InChI is InChI=1S/C14H12ClF3N2/c15-8-4-9(16)6-10(5-8)20-13(7-19)14-11(17)2-1-3-12(14)18/h1-6,13,20H,7,19H2. The van der Waals surface area contributed by atoms with Crippen LogP contribution in [0.3, 0.4) is 0 Å². The second-order valence-corrected chi connectivity index (χ2v) is 4.66. The van der Waals surface area contributed by atoms with Crippen LogP contribution in [0, 0.1) is 17.5 Å². The Balaban J connectivity index is 2.34. The van der Waals surface area contributed by atoms with Crippen molar-refractivity contribution >= 4 is 17.3 Å². The van der Waals surface area contributed by atoms with E-state index in [0.29, 0.717) is 5.69 Å². The maximum absolute atomic E-state index is 13.7. The number of benzene rings is 2. The number of hydrogen-bond acceptors (Lipinski definition) is 2. The molecule has 2 aromatic carbocycles. The largest absolute Gasteiger partial charge is 0.377 e. The second-order valence-electron chi connectivity index (χ2n) is 4.23. The van der Waals surface area contributed by atoms with Crippen molar-refractivity contribution in [3.8, 4) is 0 Å². The maximum atomic E-state index is 13.7. The molecule has 106 valence electrons. The predicted molar refractivity (Wildman–Crippen MR) is 73.2 cm³/mol. The summed E-state index contributed by atoms with van der Waals surface area (Å²) in [6.45, 7) is -0.0635. The van der Waals surface area contributed by atoms with Crippen LogP contribution in [0.15, 0.2) is 36.4 Å². The molecular formula is C14H12ClF3N2. The summed E-state index contributed by atoms with van der Waals surface area (Å²) < 4.78 is 40.7.